The summed E-state index contributed by atoms with van der Waals surface area (Å²) >= 11 is 0. The molecule has 4 nitrogen and oxygen atoms in total. The van der Waals surface area contributed by atoms with Gasteiger partial charge in [0.25, 0.3) is 11.6 Å². The number of aryl methyl sites for hydroxylation is 2. The summed E-state index contributed by atoms with van der Waals surface area (Å²) in [5, 5.41) is 0. The average molecular weight is 741 g/mol. The topological polar surface area (TPSA) is 17.6 Å². The van der Waals surface area contributed by atoms with Gasteiger partial charge in [0.05, 0.1) is 38.3 Å². The van der Waals surface area contributed by atoms with E-state index in [0.29, 0.717) is 0 Å². The smallest absolute Gasteiger partial charge is 0.225 e. The highest BCUT2D eigenvalue weighted by atomic mass is 15.2. The molecule has 0 unspecified atom stereocenters. The van der Waals surface area contributed by atoms with Crippen molar-refractivity contribution in [2.24, 2.45) is 14.1 Å². The van der Waals surface area contributed by atoms with Gasteiger partial charge in [-0.15, -0.1) is 0 Å². The Kier molecular flexibility index (Phi) is 11.3. The summed E-state index contributed by atoms with van der Waals surface area (Å²) in [4.78, 5) is 0. The van der Waals surface area contributed by atoms with Gasteiger partial charge in [-0.25, -0.2) is 18.3 Å². The van der Waals surface area contributed by atoms with Gasteiger partial charge in [0.1, 0.15) is 0 Å². The van der Waals surface area contributed by atoms with Crippen LogP contribution in [0.2, 0.25) is 0 Å². The largest absolute Gasteiger partial charge is 0.290 e. The number of nitrogens with zero attached hydrogens (tertiary/aromatic N) is 4. The van der Waals surface area contributed by atoms with E-state index < -0.39 is 0 Å². The summed E-state index contributed by atoms with van der Waals surface area (Å²) in [6.07, 6.45) is 4.46. The Balaban J connectivity index is 1.56. The molecule has 0 spiro atoms. The van der Waals surface area contributed by atoms with Gasteiger partial charge in [-0.1, -0.05) is 147 Å². The lowest BCUT2D eigenvalue weighted by Crippen LogP contribution is -2.34. The lowest BCUT2D eigenvalue weighted by atomic mass is 9.87. The monoisotopic (exact) mass is 740 g/mol. The molecule has 2 heterocycles. The van der Waals surface area contributed by atoms with Gasteiger partial charge in [0.15, 0.2) is 22.8 Å². The van der Waals surface area contributed by atoms with Crippen LogP contribution in [0, 0.1) is 41.5 Å². The molecule has 0 aliphatic carbocycles. The SMILES string of the molecule is CCCCn1c(-c2ccc(C)cc2)c(-c2ccccc2)[n+](C)c1-c1c(C)c(C)c(-c2n(CCCC)c(-c3ccc(C)cc3)c(-c3ccccc3)[n+]2C)c(C)c1C. The highest BCUT2D eigenvalue weighted by molar-refractivity contribution is 5.85. The average Bonchev–Trinajstić information content (AvgIpc) is 3.66. The van der Waals surface area contributed by atoms with Crippen molar-refractivity contribution in [1.82, 2.24) is 9.13 Å². The molecule has 0 aliphatic rings. The van der Waals surface area contributed by atoms with Crippen LogP contribution in [0.25, 0.3) is 67.8 Å². The predicted octanol–water partition coefficient (Wildman–Crippen LogP) is 12.4. The normalized spacial score (nSPS) is 11.5. The molecule has 7 rings (SSSR count). The summed E-state index contributed by atoms with van der Waals surface area (Å²) in [5.41, 5.74) is 20.7. The molecule has 0 atom stereocenters. The van der Waals surface area contributed by atoms with E-state index in [1.165, 1.54) is 101 Å². The molecule has 0 radical (unpaired) electrons. The highest BCUT2D eigenvalue weighted by Crippen LogP contribution is 2.43. The van der Waals surface area contributed by atoms with E-state index in [1.807, 2.05) is 0 Å². The zero-order chi connectivity index (χ0) is 39.7. The number of aromatic nitrogens is 4. The molecule has 7 aromatic rings. The summed E-state index contributed by atoms with van der Waals surface area (Å²) in [6, 6.07) is 40.2. The van der Waals surface area contributed by atoms with Gasteiger partial charge in [-0.05, 0) is 76.6 Å². The number of hydrogen-bond acceptors (Lipinski definition) is 0. The van der Waals surface area contributed by atoms with E-state index >= 15 is 0 Å². The third-order valence-corrected chi connectivity index (χ3v) is 12.1. The Morgan fingerprint density at radius 2 is 0.732 bits per heavy atom. The molecule has 0 fully saturated rings. The van der Waals surface area contributed by atoms with Crippen LogP contribution in [0.5, 0.6) is 0 Å². The maximum atomic E-state index is 2.64. The number of unbranched alkanes of at least 4 members (excludes halogenated alkanes) is 2. The quantitative estimate of drug-likeness (QED) is 0.111. The number of benzene rings is 5. The van der Waals surface area contributed by atoms with Crippen molar-refractivity contribution in [3.63, 3.8) is 0 Å². The minimum absolute atomic E-state index is 0.948. The number of imidazole rings is 2. The maximum absolute atomic E-state index is 2.64. The first-order chi connectivity index (χ1) is 27.1. The van der Waals surface area contributed by atoms with E-state index in [0.717, 1.165) is 38.8 Å². The van der Waals surface area contributed by atoms with Crippen LogP contribution in [0.3, 0.4) is 0 Å². The molecule has 0 amide bonds. The van der Waals surface area contributed by atoms with Crippen LogP contribution in [0.4, 0.5) is 0 Å². The summed E-state index contributed by atoms with van der Waals surface area (Å²) in [5.74, 6) is 2.55. The van der Waals surface area contributed by atoms with Crippen molar-refractivity contribution in [2.45, 2.75) is 94.2 Å². The van der Waals surface area contributed by atoms with Crippen LogP contribution < -0.4 is 9.13 Å². The fraction of sp³-hybridized carbons (Fsp3) is 0.308. The second-order valence-electron chi connectivity index (χ2n) is 15.9. The van der Waals surface area contributed by atoms with E-state index in [4.69, 9.17) is 0 Å². The first kappa shape index (κ1) is 38.8. The number of hydrogen-bond donors (Lipinski definition) is 0. The molecule has 0 saturated carbocycles. The Hall–Kier alpha value is -5.48. The highest BCUT2D eigenvalue weighted by Gasteiger charge is 2.38. The molecule has 5 aromatic carbocycles. The number of rotatable bonds is 12. The molecule has 286 valence electrons. The third kappa shape index (κ3) is 6.84. The second kappa shape index (κ2) is 16.3. The van der Waals surface area contributed by atoms with E-state index in [1.54, 1.807) is 0 Å². The lowest BCUT2D eigenvalue weighted by Gasteiger charge is -2.19. The lowest BCUT2D eigenvalue weighted by molar-refractivity contribution is -0.648. The molecular formula is C52H60N4+2. The maximum Gasteiger partial charge on any atom is 0.290 e. The molecule has 0 aliphatic heterocycles. The summed E-state index contributed by atoms with van der Waals surface area (Å²) in [7, 11) is 4.57. The molecular weight excluding hydrogens is 681 g/mol. The zero-order valence-corrected chi connectivity index (χ0v) is 35.4. The summed E-state index contributed by atoms with van der Waals surface area (Å²) < 4.78 is 10.2. The molecule has 0 N–H and O–H groups in total. The van der Waals surface area contributed by atoms with Crippen molar-refractivity contribution in [3.8, 4) is 67.8 Å². The Bertz CT molecular complexity index is 2270. The van der Waals surface area contributed by atoms with Crippen LogP contribution in [0.15, 0.2) is 109 Å². The predicted molar refractivity (Wildman–Crippen MR) is 236 cm³/mol. The summed E-state index contributed by atoms with van der Waals surface area (Å²) in [6.45, 7) is 20.3. The molecule has 0 saturated heterocycles. The van der Waals surface area contributed by atoms with Crippen molar-refractivity contribution in [2.75, 3.05) is 0 Å². The van der Waals surface area contributed by atoms with Crippen LogP contribution in [-0.2, 0) is 27.2 Å². The van der Waals surface area contributed by atoms with Crippen molar-refractivity contribution in [3.05, 3.63) is 143 Å². The van der Waals surface area contributed by atoms with Gasteiger partial charge in [0, 0.05) is 22.3 Å². The van der Waals surface area contributed by atoms with Crippen LogP contribution in [-0.4, -0.2) is 9.13 Å². The molecule has 4 heteroatoms. The van der Waals surface area contributed by atoms with E-state index in [-0.39, 0.29) is 0 Å². The van der Waals surface area contributed by atoms with Crippen molar-refractivity contribution in [1.29, 1.82) is 0 Å². The second-order valence-corrected chi connectivity index (χ2v) is 15.9. The molecule has 56 heavy (non-hydrogen) atoms. The van der Waals surface area contributed by atoms with E-state index in [9.17, 15) is 0 Å². The Morgan fingerprint density at radius 3 is 1.04 bits per heavy atom. The van der Waals surface area contributed by atoms with Crippen molar-refractivity contribution < 1.29 is 9.13 Å². The van der Waals surface area contributed by atoms with Gasteiger partial charge in [0.2, 0.25) is 0 Å². The van der Waals surface area contributed by atoms with E-state index in [2.05, 4.69) is 197 Å². The van der Waals surface area contributed by atoms with Gasteiger partial charge in [-0.3, -0.25) is 0 Å². The Morgan fingerprint density at radius 1 is 0.411 bits per heavy atom. The fourth-order valence-electron chi connectivity index (χ4n) is 8.88. The third-order valence-electron chi connectivity index (χ3n) is 12.1. The molecule has 0 bridgehead atoms. The Labute approximate surface area is 335 Å². The van der Waals surface area contributed by atoms with Crippen LogP contribution in [0.1, 0.15) is 72.9 Å². The standard InChI is InChI=1S/C52H60N4/c1-11-13-33-55-49(43-29-25-35(3)26-30-43)47(41-21-17-15-18-22-41)53(9)51(55)45-37(5)39(7)46(40(8)38(45)6)52-54(10)48(42-23-19-16-20-24-42)50(56(52)34-14-12-2)44-31-27-36(4)28-32-44/h15-32H,11-14,33-34H2,1-10H3/q+2. The minimum Gasteiger partial charge on any atom is -0.225 e. The van der Waals surface area contributed by atoms with Crippen molar-refractivity contribution >= 4 is 0 Å². The van der Waals surface area contributed by atoms with Gasteiger partial charge >= 0.3 is 0 Å². The zero-order valence-electron chi connectivity index (χ0n) is 35.4. The van der Waals surface area contributed by atoms with Gasteiger partial charge in [-0.2, -0.15) is 0 Å². The molecule has 2 aromatic heterocycles. The van der Waals surface area contributed by atoms with Crippen LogP contribution >= 0.6 is 0 Å². The van der Waals surface area contributed by atoms with Gasteiger partial charge < -0.3 is 0 Å². The first-order valence-electron chi connectivity index (χ1n) is 20.7. The fourth-order valence-corrected chi connectivity index (χ4v) is 8.88. The first-order valence-corrected chi connectivity index (χ1v) is 20.7. The minimum atomic E-state index is 0.948.